The van der Waals surface area contributed by atoms with Crippen molar-refractivity contribution in [3.63, 3.8) is 0 Å². The van der Waals surface area contributed by atoms with Gasteiger partial charge in [0, 0.05) is 20.6 Å². The van der Waals surface area contributed by atoms with Gasteiger partial charge in [-0.2, -0.15) is 0 Å². The minimum Gasteiger partial charge on any atom is -0.366 e. The molecule has 0 unspecified atom stereocenters. The monoisotopic (exact) mass is 389 g/mol. The van der Waals surface area contributed by atoms with Crippen LogP contribution >= 0.6 is 0 Å². The number of aromatic nitrogens is 4. The Hall–Kier alpha value is -4.01. The number of benzene rings is 2. The Labute approximate surface area is 166 Å². The third kappa shape index (κ3) is 3.57. The highest BCUT2D eigenvalue weighted by Gasteiger charge is 2.20. The first-order valence-electron chi connectivity index (χ1n) is 8.93. The SMILES string of the molecule is CN(C)c1nnc(-c2onc3c(C(N)=O)cccc23)nc1NCc1ccccc1. The third-order valence-electron chi connectivity index (χ3n) is 4.37. The number of nitrogens with two attached hydrogens (primary N) is 1. The second kappa shape index (κ2) is 7.55. The van der Waals surface area contributed by atoms with E-state index in [1.807, 2.05) is 49.3 Å². The van der Waals surface area contributed by atoms with Crippen LogP contribution in [0.4, 0.5) is 11.6 Å². The molecule has 29 heavy (non-hydrogen) atoms. The fourth-order valence-corrected chi connectivity index (χ4v) is 2.94. The van der Waals surface area contributed by atoms with Gasteiger partial charge in [0.25, 0.3) is 5.91 Å². The zero-order chi connectivity index (χ0) is 20.4. The topological polar surface area (TPSA) is 123 Å². The number of hydrogen-bond acceptors (Lipinski definition) is 8. The summed E-state index contributed by atoms with van der Waals surface area (Å²) in [4.78, 5) is 18.1. The average Bonchev–Trinajstić information content (AvgIpc) is 3.16. The highest BCUT2D eigenvalue weighted by molar-refractivity contribution is 6.07. The standard InChI is InChI=1S/C20H19N7O2/c1-27(2)20-19(22-11-12-7-4-3-5-8-12)23-18(24-25-20)16-13-9-6-10-14(17(21)28)15(13)26-29-16/h3-10H,11H2,1-2H3,(H2,21,28)(H,22,23,24). The Kier molecular flexibility index (Phi) is 4.78. The maximum Gasteiger partial charge on any atom is 0.251 e. The molecule has 0 spiro atoms. The van der Waals surface area contributed by atoms with Crippen molar-refractivity contribution in [1.29, 1.82) is 0 Å². The number of nitrogens with one attached hydrogen (secondary N) is 1. The van der Waals surface area contributed by atoms with Crippen molar-refractivity contribution in [2.75, 3.05) is 24.3 Å². The lowest BCUT2D eigenvalue weighted by Crippen LogP contribution is -2.16. The van der Waals surface area contributed by atoms with Gasteiger partial charge < -0.3 is 20.5 Å². The van der Waals surface area contributed by atoms with Crippen molar-refractivity contribution in [1.82, 2.24) is 20.3 Å². The number of carbonyl (C=O) groups is 1. The molecular formula is C20H19N7O2. The highest BCUT2D eigenvalue weighted by atomic mass is 16.5. The van der Waals surface area contributed by atoms with E-state index in [1.165, 1.54) is 0 Å². The van der Waals surface area contributed by atoms with Crippen LogP contribution in [0.1, 0.15) is 15.9 Å². The number of anilines is 2. The Balaban J connectivity index is 1.74. The summed E-state index contributed by atoms with van der Waals surface area (Å²) in [5, 5.41) is 16.3. The number of carbonyl (C=O) groups excluding carboxylic acids is 1. The van der Waals surface area contributed by atoms with Crippen molar-refractivity contribution >= 4 is 28.4 Å². The van der Waals surface area contributed by atoms with Crippen molar-refractivity contribution in [2.45, 2.75) is 6.54 Å². The summed E-state index contributed by atoms with van der Waals surface area (Å²) in [5.74, 6) is 1.15. The molecule has 0 aliphatic heterocycles. The van der Waals surface area contributed by atoms with Gasteiger partial charge in [-0.15, -0.1) is 10.2 Å². The zero-order valence-corrected chi connectivity index (χ0v) is 16.0. The molecule has 0 radical (unpaired) electrons. The van der Waals surface area contributed by atoms with E-state index >= 15 is 0 Å². The van der Waals surface area contributed by atoms with Crippen LogP contribution in [0.15, 0.2) is 53.1 Å². The molecule has 0 fully saturated rings. The fraction of sp³-hybridized carbons (Fsp3) is 0.150. The molecule has 2 heterocycles. The smallest absolute Gasteiger partial charge is 0.251 e. The normalized spacial score (nSPS) is 10.8. The second-order valence-electron chi connectivity index (χ2n) is 6.62. The minimum absolute atomic E-state index is 0.260. The number of rotatable bonds is 6. The molecule has 0 saturated carbocycles. The van der Waals surface area contributed by atoms with Gasteiger partial charge >= 0.3 is 0 Å². The summed E-state index contributed by atoms with van der Waals surface area (Å²) in [7, 11) is 3.73. The number of amides is 1. The lowest BCUT2D eigenvalue weighted by Gasteiger charge is -2.16. The Bertz CT molecular complexity index is 1170. The fourth-order valence-electron chi connectivity index (χ4n) is 2.94. The van der Waals surface area contributed by atoms with E-state index in [9.17, 15) is 4.79 Å². The first-order valence-corrected chi connectivity index (χ1v) is 8.93. The molecule has 2 aromatic carbocycles. The number of fused-ring (bicyclic) bond motifs is 1. The van der Waals surface area contributed by atoms with Crippen molar-refractivity contribution < 1.29 is 9.32 Å². The van der Waals surface area contributed by atoms with Gasteiger partial charge in [-0.05, 0) is 17.7 Å². The number of primary amides is 1. The van der Waals surface area contributed by atoms with E-state index in [1.54, 1.807) is 18.2 Å². The van der Waals surface area contributed by atoms with E-state index < -0.39 is 5.91 Å². The van der Waals surface area contributed by atoms with Gasteiger partial charge in [-0.1, -0.05) is 41.6 Å². The predicted molar refractivity (Wildman–Crippen MR) is 109 cm³/mol. The van der Waals surface area contributed by atoms with Gasteiger partial charge in [0.15, 0.2) is 11.6 Å². The lowest BCUT2D eigenvalue weighted by atomic mass is 10.1. The second-order valence-corrected chi connectivity index (χ2v) is 6.62. The van der Waals surface area contributed by atoms with Gasteiger partial charge in [-0.25, -0.2) is 4.98 Å². The summed E-state index contributed by atoms with van der Waals surface area (Å²) in [6.45, 7) is 0.572. The summed E-state index contributed by atoms with van der Waals surface area (Å²) >= 11 is 0. The molecule has 146 valence electrons. The van der Waals surface area contributed by atoms with E-state index in [0.29, 0.717) is 34.8 Å². The van der Waals surface area contributed by atoms with Crippen molar-refractivity contribution in [2.24, 2.45) is 5.73 Å². The molecule has 9 nitrogen and oxygen atoms in total. The highest BCUT2D eigenvalue weighted by Crippen LogP contribution is 2.30. The molecule has 2 aromatic heterocycles. The van der Waals surface area contributed by atoms with Gasteiger partial charge in [0.2, 0.25) is 11.6 Å². The molecule has 4 rings (SSSR count). The third-order valence-corrected chi connectivity index (χ3v) is 4.37. The van der Waals surface area contributed by atoms with Crippen LogP contribution in [0.3, 0.4) is 0 Å². The molecule has 4 aromatic rings. The summed E-state index contributed by atoms with van der Waals surface area (Å²) in [6.07, 6.45) is 0. The average molecular weight is 389 g/mol. The van der Waals surface area contributed by atoms with Crippen LogP contribution in [0.25, 0.3) is 22.5 Å². The first-order chi connectivity index (χ1) is 14.0. The molecule has 3 N–H and O–H groups in total. The molecule has 0 aliphatic carbocycles. The Morgan fingerprint density at radius 1 is 1.10 bits per heavy atom. The van der Waals surface area contributed by atoms with E-state index in [-0.39, 0.29) is 11.4 Å². The number of nitrogens with zero attached hydrogens (tertiary/aromatic N) is 5. The largest absolute Gasteiger partial charge is 0.366 e. The van der Waals surface area contributed by atoms with Crippen molar-refractivity contribution in [3.05, 3.63) is 59.7 Å². The predicted octanol–water partition coefficient (Wildman–Crippen LogP) is 2.46. The summed E-state index contributed by atoms with van der Waals surface area (Å²) in [5.41, 5.74) is 7.17. The molecular weight excluding hydrogens is 370 g/mol. The van der Waals surface area contributed by atoms with Gasteiger partial charge in [0.05, 0.1) is 10.9 Å². The first kappa shape index (κ1) is 18.4. The maximum atomic E-state index is 11.6. The number of hydrogen-bond donors (Lipinski definition) is 2. The van der Waals surface area contributed by atoms with Gasteiger partial charge in [0.1, 0.15) is 5.52 Å². The summed E-state index contributed by atoms with van der Waals surface area (Å²) in [6, 6.07) is 15.0. The quantitative estimate of drug-likeness (QED) is 0.515. The Morgan fingerprint density at radius 3 is 2.62 bits per heavy atom. The molecule has 0 bridgehead atoms. The van der Waals surface area contributed by atoms with E-state index in [2.05, 4.69) is 25.7 Å². The van der Waals surface area contributed by atoms with Crippen LogP contribution < -0.4 is 16.0 Å². The zero-order valence-electron chi connectivity index (χ0n) is 16.0. The van der Waals surface area contributed by atoms with E-state index in [0.717, 1.165) is 5.56 Å². The van der Waals surface area contributed by atoms with E-state index in [4.69, 9.17) is 10.3 Å². The molecule has 1 amide bonds. The van der Waals surface area contributed by atoms with Crippen LogP contribution in [0.2, 0.25) is 0 Å². The van der Waals surface area contributed by atoms with Crippen LogP contribution in [0.5, 0.6) is 0 Å². The molecule has 0 aliphatic rings. The van der Waals surface area contributed by atoms with Gasteiger partial charge in [-0.3, -0.25) is 4.79 Å². The summed E-state index contributed by atoms with van der Waals surface area (Å²) < 4.78 is 5.45. The van der Waals surface area contributed by atoms with Crippen molar-refractivity contribution in [3.8, 4) is 11.6 Å². The van der Waals surface area contributed by atoms with Crippen LogP contribution in [0, 0.1) is 0 Å². The Morgan fingerprint density at radius 2 is 1.90 bits per heavy atom. The minimum atomic E-state index is -0.581. The lowest BCUT2D eigenvalue weighted by molar-refractivity contribution is 0.100. The maximum absolute atomic E-state index is 11.6. The molecule has 9 heteroatoms. The molecule has 0 atom stereocenters. The van der Waals surface area contributed by atoms with Crippen LogP contribution in [-0.2, 0) is 6.54 Å². The van der Waals surface area contributed by atoms with Crippen LogP contribution in [-0.4, -0.2) is 40.3 Å². The molecule has 0 saturated heterocycles.